The number of rotatable bonds is 8. The van der Waals surface area contributed by atoms with Crippen LogP contribution < -0.4 is 0 Å². The summed E-state index contributed by atoms with van der Waals surface area (Å²) in [7, 11) is 0. The Kier molecular flexibility index (Phi) is 39.9. The average Bonchev–Trinajstić information content (AvgIpc) is 2.56. The molecule has 6 heteroatoms. The summed E-state index contributed by atoms with van der Waals surface area (Å²) in [5.41, 5.74) is -0.260. The van der Waals surface area contributed by atoms with Crippen LogP contribution in [0, 0.1) is 19.3 Å². The maximum absolute atomic E-state index is 8.25. The summed E-state index contributed by atoms with van der Waals surface area (Å²) in [5, 5.41) is 16.5. The molecule has 0 aliphatic carbocycles. The fraction of sp³-hybridized carbons (Fsp3) is 0.867. The van der Waals surface area contributed by atoms with Gasteiger partial charge in [0.2, 0.25) is 0 Å². The average molecular weight is 342 g/mol. The van der Waals surface area contributed by atoms with E-state index in [1.54, 1.807) is 0 Å². The van der Waals surface area contributed by atoms with Crippen LogP contribution >= 0.6 is 0 Å². The van der Waals surface area contributed by atoms with Crippen LogP contribution in [0.4, 0.5) is 0 Å². The van der Waals surface area contributed by atoms with Gasteiger partial charge in [-0.1, -0.05) is 40.5 Å². The zero-order chi connectivity index (χ0) is 17.6. The maximum atomic E-state index is 8.25. The zero-order valence-corrected chi connectivity index (χ0v) is 15.8. The molecule has 0 aliphatic heterocycles. The minimum atomic E-state index is -0.260. The molecular formula is C15H34O5Ti. The second-order valence-corrected chi connectivity index (χ2v) is 4.46. The van der Waals surface area contributed by atoms with Crippen molar-refractivity contribution in [3.05, 3.63) is 13.8 Å². The van der Waals surface area contributed by atoms with Gasteiger partial charge in [0, 0.05) is 5.41 Å². The molecule has 0 rings (SSSR count). The second-order valence-electron chi connectivity index (χ2n) is 4.46. The van der Waals surface area contributed by atoms with Crippen LogP contribution in [0.15, 0.2) is 0 Å². The number of unbranched alkanes of at least 4 members (excludes halogenated alkanes) is 2. The van der Waals surface area contributed by atoms with Gasteiger partial charge in [-0.3, -0.25) is 10.5 Å². The van der Waals surface area contributed by atoms with Gasteiger partial charge >= 0.3 is 23.7 Å². The molecule has 21 heavy (non-hydrogen) atoms. The molecule has 0 amide bonds. The number of hydrogen-bond acceptors (Lipinski definition) is 5. The van der Waals surface area contributed by atoms with Gasteiger partial charge in [-0.15, -0.1) is 0 Å². The summed E-state index contributed by atoms with van der Waals surface area (Å²) in [6.45, 7) is 15.8. The van der Waals surface area contributed by atoms with Gasteiger partial charge in [-0.25, -0.2) is 9.78 Å². The van der Waals surface area contributed by atoms with E-state index in [1.165, 1.54) is 12.8 Å². The topological polar surface area (TPSA) is 76.0 Å². The molecule has 0 radical (unpaired) electrons. The van der Waals surface area contributed by atoms with E-state index in [0.29, 0.717) is 0 Å². The van der Waals surface area contributed by atoms with Crippen LogP contribution in [0.25, 0.3) is 0 Å². The molecule has 0 aromatic carbocycles. The third-order valence-electron chi connectivity index (χ3n) is 2.95. The van der Waals surface area contributed by atoms with E-state index in [0.717, 1.165) is 46.1 Å². The van der Waals surface area contributed by atoms with Gasteiger partial charge in [0.1, 0.15) is 0 Å². The molecule has 0 heterocycles. The second kappa shape index (κ2) is 28.5. The molecule has 0 aromatic rings. The van der Waals surface area contributed by atoms with Crippen LogP contribution in [-0.4, -0.2) is 23.7 Å². The molecule has 2 N–H and O–H groups in total. The molecule has 0 fully saturated rings. The van der Waals surface area contributed by atoms with E-state index < -0.39 is 0 Å². The molecule has 5 nitrogen and oxygen atoms in total. The van der Waals surface area contributed by atoms with Gasteiger partial charge in [0.05, 0.1) is 13.2 Å². The fourth-order valence-electron chi connectivity index (χ4n) is 0.974. The quantitative estimate of drug-likeness (QED) is 0.284. The summed E-state index contributed by atoms with van der Waals surface area (Å²) in [5.74, 6) is 0. The molecule has 0 atom stereocenters. The molecule has 0 saturated carbocycles. The first-order valence-corrected chi connectivity index (χ1v) is 8.03. The first-order chi connectivity index (χ1) is 10.1. The van der Waals surface area contributed by atoms with Gasteiger partial charge in [-0.05, 0) is 12.8 Å². The minimum absolute atomic E-state index is 0.195. The van der Waals surface area contributed by atoms with E-state index >= 15 is 0 Å². The van der Waals surface area contributed by atoms with Crippen molar-refractivity contribution in [3.8, 4) is 0 Å². The Morgan fingerprint density at radius 2 is 1.10 bits per heavy atom. The first-order valence-electron chi connectivity index (χ1n) is 7.39. The first kappa shape index (κ1) is 29.4. The van der Waals surface area contributed by atoms with Gasteiger partial charge in [0.15, 0.2) is 0 Å². The Morgan fingerprint density at radius 1 is 0.857 bits per heavy atom. The van der Waals surface area contributed by atoms with E-state index in [1.807, 2.05) is 13.8 Å². The van der Waals surface area contributed by atoms with Crippen molar-refractivity contribution in [1.29, 1.82) is 0 Å². The summed E-state index contributed by atoms with van der Waals surface area (Å²) in [6, 6.07) is 0. The van der Waals surface area contributed by atoms with Crippen molar-refractivity contribution in [2.45, 2.75) is 66.2 Å². The summed E-state index contributed by atoms with van der Waals surface area (Å²) >= 11 is 0.750. The Labute approximate surface area is 143 Å². The van der Waals surface area contributed by atoms with Gasteiger partial charge in [0.25, 0.3) is 0 Å². The Balaban J connectivity index is -0.000000119. The summed E-state index contributed by atoms with van der Waals surface area (Å²) in [6.07, 6.45) is 6.15. The SMILES string of the molecule is CCC(CC)(COO)COO.[CH2-]CCC.[CH2-]CCC.[O]=[Ti+2]. The molecule has 0 unspecified atom stereocenters. The molecule has 0 spiro atoms. The third-order valence-corrected chi connectivity index (χ3v) is 2.95. The zero-order valence-electron chi connectivity index (χ0n) is 14.2. The van der Waals surface area contributed by atoms with Crippen LogP contribution in [0.2, 0.25) is 0 Å². The van der Waals surface area contributed by atoms with Crippen molar-refractivity contribution >= 4 is 0 Å². The van der Waals surface area contributed by atoms with E-state index in [-0.39, 0.29) is 18.6 Å². The van der Waals surface area contributed by atoms with E-state index in [2.05, 4.69) is 37.5 Å². The molecule has 0 aromatic heterocycles. The monoisotopic (exact) mass is 342 g/mol. The summed E-state index contributed by atoms with van der Waals surface area (Å²) in [4.78, 5) is 8.10. The van der Waals surface area contributed by atoms with Crippen LogP contribution in [0.3, 0.4) is 0 Å². The molecule has 0 aliphatic rings. The van der Waals surface area contributed by atoms with Crippen LogP contribution in [0.1, 0.15) is 66.2 Å². The van der Waals surface area contributed by atoms with E-state index in [9.17, 15) is 0 Å². The van der Waals surface area contributed by atoms with Gasteiger partial charge in [-0.2, -0.15) is 12.8 Å². The van der Waals surface area contributed by atoms with Crippen molar-refractivity contribution in [3.63, 3.8) is 0 Å². The third kappa shape index (κ3) is 25.6. The Bertz CT molecular complexity index is 139. The van der Waals surface area contributed by atoms with E-state index in [4.69, 9.17) is 13.8 Å². The number of hydrogen-bond donors (Lipinski definition) is 2. The summed E-state index contributed by atoms with van der Waals surface area (Å²) < 4.78 is 8.25. The van der Waals surface area contributed by atoms with Crippen molar-refractivity contribution in [1.82, 2.24) is 0 Å². The molecule has 0 saturated heterocycles. The van der Waals surface area contributed by atoms with Gasteiger partial charge < -0.3 is 13.8 Å². The molecular weight excluding hydrogens is 308 g/mol. The van der Waals surface area contributed by atoms with Crippen molar-refractivity contribution in [2.75, 3.05) is 13.2 Å². The predicted octanol–water partition coefficient (Wildman–Crippen LogP) is 4.89. The standard InChI is InChI=1S/C7H16O4.2C4H9.O.Ti/c1-3-7(4-2,5-10-8)6-11-9;2*1-3-4-2;;/h8-9H,3-6H2,1-2H3;2*1,3-4H2,2H3;;/q;2*-1;;+2. The van der Waals surface area contributed by atoms with Crippen molar-refractivity contribution < 1.29 is 44.0 Å². The van der Waals surface area contributed by atoms with Crippen molar-refractivity contribution in [2.24, 2.45) is 5.41 Å². The molecule has 128 valence electrons. The Hall–Kier alpha value is 0.354. The Morgan fingerprint density at radius 3 is 1.19 bits per heavy atom. The van der Waals surface area contributed by atoms with Crippen LogP contribution in [0.5, 0.6) is 0 Å². The van der Waals surface area contributed by atoms with Crippen LogP contribution in [-0.2, 0) is 33.5 Å². The normalized spacial score (nSPS) is 9.43. The predicted molar refractivity (Wildman–Crippen MR) is 81.4 cm³/mol. The fourth-order valence-corrected chi connectivity index (χ4v) is 0.974. The molecule has 0 bridgehead atoms.